The SMILES string of the molecule is Cc1ncnc(N[C@H]2CC[C@@H](Oc3cc(N4CCOCC4)cc4nccnc34)CC2)c1C. The molecule has 1 N–H and O–H groups in total. The fourth-order valence-corrected chi connectivity index (χ4v) is 4.50. The molecule has 3 heterocycles. The molecule has 0 bridgehead atoms. The van der Waals surface area contributed by atoms with Gasteiger partial charge in [0.2, 0.25) is 0 Å². The molecule has 0 spiro atoms. The number of rotatable bonds is 5. The lowest BCUT2D eigenvalue weighted by Gasteiger charge is -2.31. The molecule has 1 aromatic carbocycles. The van der Waals surface area contributed by atoms with Crippen LogP contribution in [-0.2, 0) is 4.74 Å². The Labute approximate surface area is 188 Å². The molecule has 1 saturated heterocycles. The second kappa shape index (κ2) is 9.24. The third-order valence-electron chi connectivity index (χ3n) is 6.54. The van der Waals surface area contributed by atoms with E-state index in [0.717, 1.165) is 91.5 Å². The Kier molecular flexibility index (Phi) is 6.03. The lowest BCUT2D eigenvalue weighted by atomic mass is 9.92. The summed E-state index contributed by atoms with van der Waals surface area (Å²) in [5.41, 5.74) is 4.97. The van der Waals surface area contributed by atoms with E-state index >= 15 is 0 Å². The van der Waals surface area contributed by atoms with Crippen LogP contribution in [0.2, 0.25) is 0 Å². The number of benzene rings is 1. The minimum absolute atomic E-state index is 0.173. The number of nitrogens with zero attached hydrogens (tertiary/aromatic N) is 5. The van der Waals surface area contributed by atoms with Crippen LogP contribution < -0.4 is 15.0 Å². The third kappa shape index (κ3) is 4.46. The number of nitrogens with one attached hydrogen (secondary N) is 1. The predicted molar refractivity (Wildman–Crippen MR) is 124 cm³/mol. The number of hydrogen-bond donors (Lipinski definition) is 1. The molecule has 2 fully saturated rings. The highest BCUT2D eigenvalue weighted by Gasteiger charge is 2.25. The van der Waals surface area contributed by atoms with E-state index < -0.39 is 0 Å². The lowest BCUT2D eigenvalue weighted by molar-refractivity contribution is 0.122. The van der Waals surface area contributed by atoms with Crippen LogP contribution in [-0.4, -0.2) is 58.4 Å². The summed E-state index contributed by atoms with van der Waals surface area (Å²) in [6, 6.07) is 4.63. The highest BCUT2D eigenvalue weighted by atomic mass is 16.5. The average molecular weight is 435 g/mol. The van der Waals surface area contributed by atoms with Crippen LogP contribution in [0.4, 0.5) is 11.5 Å². The molecule has 8 heteroatoms. The van der Waals surface area contributed by atoms with Gasteiger partial charge in [0, 0.05) is 54.5 Å². The van der Waals surface area contributed by atoms with E-state index in [1.165, 1.54) is 0 Å². The van der Waals surface area contributed by atoms with Crippen LogP contribution in [0.15, 0.2) is 30.9 Å². The first-order valence-electron chi connectivity index (χ1n) is 11.5. The first-order valence-corrected chi connectivity index (χ1v) is 11.5. The Morgan fingerprint density at radius 1 is 0.969 bits per heavy atom. The molecule has 1 aliphatic heterocycles. The van der Waals surface area contributed by atoms with Crippen molar-refractivity contribution >= 4 is 22.5 Å². The van der Waals surface area contributed by atoms with Gasteiger partial charge in [0.1, 0.15) is 23.4 Å². The smallest absolute Gasteiger partial charge is 0.149 e. The van der Waals surface area contributed by atoms with Crippen molar-refractivity contribution in [3.8, 4) is 5.75 Å². The fraction of sp³-hybridized carbons (Fsp3) is 0.500. The monoisotopic (exact) mass is 434 g/mol. The van der Waals surface area contributed by atoms with Gasteiger partial charge in [0.05, 0.1) is 24.8 Å². The number of morpholine rings is 1. The minimum Gasteiger partial charge on any atom is -0.488 e. The summed E-state index contributed by atoms with van der Waals surface area (Å²) in [7, 11) is 0. The Balaban J connectivity index is 1.28. The number of aromatic nitrogens is 4. The first-order chi connectivity index (χ1) is 15.7. The number of hydrogen-bond acceptors (Lipinski definition) is 8. The number of anilines is 2. The molecule has 0 unspecified atom stereocenters. The zero-order valence-electron chi connectivity index (χ0n) is 18.8. The lowest BCUT2D eigenvalue weighted by Crippen LogP contribution is -2.36. The highest BCUT2D eigenvalue weighted by Crippen LogP contribution is 2.33. The van der Waals surface area contributed by atoms with E-state index in [4.69, 9.17) is 9.47 Å². The van der Waals surface area contributed by atoms with Crippen LogP contribution in [0.5, 0.6) is 5.75 Å². The van der Waals surface area contributed by atoms with Crippen molar-refractivity contribution < 1.29 is 9.47 Å². The molecule has 2 aromatic heterocycles. The van der Waals surface area contributed by atoms with Crippen LogP contribution >= 0.6 is 0 Å². The fourth-order valence-electron chi connectivity index (χ4n) is 4.50. The van der Waals surface area contributed by atoms with E-state index in [1.807, 2.05) is 6.92 Å². The largest absolute Gasteiger partial charge is 0.488 e. The molecule has 32 heavy (non-hydrogen) atoms. The molecular formula is C24H30N6O2. The van der Waals surface area contributed by atoms with Gasteiger partial charge in [-0.3, -0.25) is 4.98 Å². The summed E-state index contributed by atoms with van der Waals surface area (Å²) >= 11 is 0. The third-order valence-corrected chi connectivity index (χ3v) is 6.54. The molecule has 1 saturated carbocycles. The Bertz CT molecular complexity index is 1080. The molecule has 168 valence electrons. The van der Waals surface area contributed by atoms with Crippen molar-refractivity contribution in [1.29, 1.82) is 0 Å². The van der Waals surface area contributed by atoms with Gasteiger partial charge in [0.25, 0.3) is 0 Å². The summed E-state index contributed by atoms with van der Waals surface area (Å²) < 4.78 is 12.0. The van der Waals surface area contributed by atoms with Gasteiger partial charge in [-0.1, -0.05) is 0 Å². The second-order valence-electron chi connectivity index (χ2n) is 8.64. The molecule has 0 amide bonds. The van der Waals surface area contributed by atoms with E-state index in [-0.39, 0.29) is 6.10 Å². The van der Waals surface area contributed by atoms with Gasteiger partial charge < -0.3 is 19.7 Å². The summed E-state index contributed by atoms with van der Waals surface area (Å²) in [6.07, 6.45) is 9.34. The van der Waals surface area contributed by atoms with Crippen molar-refractivity contribution in [1.82, 2.24) is 19.9 Å². The molecule has 0 atom stereocenters. The maximum atomic E-state index is 6.53. The van der Waals surface area contributed by atoms with Crippen molar-refractivity contribution in [3.63, 3.8) is 0 Å². The molecule has 3 aromatic rings. The van der Waals surface area contributed by atoms with Crippen molar-refractivity contribution in [3.05, 3.63) is 42.1 Å². The summed E-state index contributed by atoms with van der Waals surface area (Å²) in [4.78, 5) is 20.1. The summed E-state index contributed by atoms with van der Waals surface area (Å²) in [5, 5.41) is 3.61. The molecule has 5 rings (SSSR count). The number of aryl methyl sites for hydroxylation is 1. The van der Waals surface area contributed by atoms with Gasteiger partial charge in [-0.05, 0) is 45.6 Å². The van der Waals surface area contributed by atoms with Crippen molar-refractivity contribution in [2.75, 3.05) is 36.5 Å². The Morgan fingerprint density at radius 3 is 2.56 bits per heavy atom. The normalized spacial score (nSPS) is 21.5. The van der Waals surface area contributed by atoms with Crippen LogP contribution in [0.1, 0.15) is 36.9 Å². The van der Waals surface area contributed by atoms with Gasteiger partial charge in [-0.15, -0.1) is 0 Å². The number of fused-ring (bicyclic) bond motifs is 1. The molecule has 0 radical (unpaired) electrons. The van der Waals surface area contributed by atoms with Crippen molar-refractivity contribution in [2.24, 2.45) is 0 Å². The zero-order chi connectivity index (χ0) is 21.9. The topological polar surface area (TPSA) is 85.3 Å². The van der Waals surface area contributed by atoms with Gasteiger partial charge >= 0.3 is 0 Å². The van der Waals surface area contributed by atoms with Crippen molar-refractivity contribution in [2.45, 2.75) is 51.7 Å². The highest BCUT2D eigenvalue weighted by molar-refractivity contribution is 5.85. The quantitative estimate of drug-likeness (QED) is 0.651. The Morgan fingerprint density at radius 2 is 1.75 bits per heavy atom. The minimum atomic E-state index is 0.173. The molecule has 8 nitrogen and oxygen atoms in total. The van der Waals surface area contributed by atoms with Crippen LogP contribution in [0.25, 0.3) is 11.0 Å². The van der Waals surface area contributed by atoms with Gasteiger partial charge in [-0.2, -0.15) is 0 Å². The first kappa shape index (κ1) is 20.9. The predicted octanol–water partition coefficient (Wildman–Crippen LogP) is 3.68. The Hall–Kier alpha value is -3.00. The molecular weight excluding hydrogens is 404 g/mol. The average Bonchev–Trinajstić information content (AvgIpc) is 2.84. The van der Waals surface area contributed by atoms with E-state index in [0.29, 0.717) is 6.04 Å². The van der Waals surface area contributed by atoms with Crippen LogP contribution in [0.3, 0.4) is 0 Å². The van der Waals surface area contributed by atoms with E-state index in [1.54, 1.807) is 18.7 Å². The maximum absolute atomic E-state index is 6.53. The second-order valence-corrected chi connectivity index (χ2v) is 8.64. The van der Waals surface area contributed by atoms with Crippen LogP contribution in [0, 0.1) is 13.8 Å². The van der Waals surface area contributed by atoms with Gasteiger partial charge in [0.15, 0.2) is 0 Å². The maximum Gasteiger partial charge on any atom is 0.149 e. The van der Waals surface area contributed by atoms with Gasteiger partial charge in [-0.25, -0.2) is 15.0 Å². The molecule has 1 aliphatic carbocycles. The van der Waals surface area contributed by atoms with E-state index in [9.17, 15) is 0 Å². The standard InChI is InChI=1S/C24H30N6O2/c1-16-17(2)27-15-28-24(16)29-18-3-5-20(6-4-18)32-22-14-19(30-9-11-31-12-10-30)13-21-23(22)26-8-7-25-21/h7-8,13-15,18,20H,3-6,9-12H2,1-2H3,(H,27,28,29)/t18-,20+. The zero-order valence-corrected chi connectivity index (χ0v) is 18.8. The molecule has 2 aliphatic rings. The summed E-state index contributed by atoms with van der Waals surface area (Å²) in [6.45, 7) is 7.34. The van der Waals surface area contributed by atoms with E-state index in [2.05, 4.69) is 49.2 Å². The number of ether oxygens (including phenoxy) is 2. The summed E-state index contributed by atoms with van der Waals surface area (Å²) in [5.74, 6) is 1.78.